The molecule has 0 aromatic carbocycles. The molecule has 2 N–H and O–H groups in total. The third-order valence-electron chi connectivity index (χ3n) is 1.85. The number of hydrogen-bond donors (Lipinski definition) is 2. The van der Waals surface area contributed by atoms with Crippen molar-refractivity contribution < 1.29 is 14.4 Å². The van der Waals surface area contributed by atoms with Crippen molar-refractivity contribution in [1.29, 1.82) is 0 Å². The van der Waals surface area contributed by atoms with Crippen molar-refractivity contribution >= 4 is 0 Å². The normalized spacial score (nSPS) is 13.3. The second kappa shape index (κ2) is 6.57. The number of rotatable bonds is 7. The SMILES string of the molecule is Cc1nc(CNCC(O)COC(C)C)no1. The zero-order valence-electron chi connectivity index (χ0n) is 9.93. The number of ether oxygens (including phenoxy) is 1. The predicted octanol–water partition coefficient (Wildman–Crippen LogP) is 0.254. The molecule has 92 valence electrons. The molecule has 0 fully saturated rings. The molecule has 6 heteroatoms. The van der Waals surface area contributed by atoms with Crippen molar-refractivity contribution in [3.63, 3.8) is 0 Å². The minimum atomic E-state index is -0.518. The Bertz CT molecular complexity index is 301. The molecule has 6 nitrogen and oxygen atoms in total. The lowest BCUT2D eigenvalue weighted by molar-refractivity contribution is 0.00623. The van der Waals surface area contributed by atoms with E-state index in [1.54, 1.807) is 6.92 Å². The quantitative estimate of drug-likeness (QED) is 0.697. The van der Waals surface area contributed by atoms with Crippen LogP contribution in [0.4, 0.5) is 0 Å². The van der Waals surface area contributed by atoms with Gasteiger partial charge in [0.25, 0.3) is 0 Å². The molecular formula is C10H19N3O3. The minimum Gasteiger partial charge on any atom is -0.389 e. The van der Waals surface area contributed by atoms with Crippen molar-refractivity contribution in [1.82, 2.24) is 15.5 Å². The van der Waals surface area contributed by atoms with Gasteiger partial charge in [0.15, 0.2) is 5.82 Å². The smallest absolute Gasteiger partial charge is 0.223 e. The predicted molar refractivity (Wildman–Crippen MR) is 57.8 cm³/mol. The number of aliphatic hydroxyl groups is 1. The van der Waals surface area contributed by atoms with E-state index >= 15 is 0 Å². The van der Waals surface area contributed by atoms with Gasteiger partial charge in [-0.3, -0.25) is 0 Å². The molecule has 0 amide bonds. The highest BCUT2D eigenvalue weighted by atomic mass is 16.5. The van der Waals surface area contributed by atoms with Crippen LogP contribution in [0.15, 0.2) is 4.52 Å². The lowest BCUT2D eigenvalue weighted by atomic mass is 10.3. The Morgan fingerprint density at radius 3 is 2.81 bits per heavy atom. The lowest BCUT2D eigenvalue weighted by Crippen LogP contribution is -2.31. The first-order valence-electron chi connectivity index (χ1n) is 5.37. The Kier molecular flexibility index (Phi) is 5.37. The van der Waals surface area contributed by atoms with Crippen LogP contribution in [-0.4, -0.2) is 40.6 Å². The number of nitrogens with one attached hydrogen (secondary N) is 1. The lowest BCUT2D eigenvalue weighted by Gasteiger charge is -2.13. The summed E-state index contributed by atoms with van der Waals surface area (Å²) in [7, 11) is 0. The van der Waals surface area contributed by atoms with Gasteiger partial charge in [0.05, 0.1) is 25.4 Å². The summed E-state index contributed by atoms with van der Waals surface area (Å²) in [5.41, 5.74) is 0. The second-order valence-corrected chi connectivity index (χ2v) is 3.90. The average molecular weight is 229 g/mol. The van der Waals surface area contributed by atoms with Crippen LogP contribution in [0.2, 0.25) is 0 Å². The van der Waals surface area contributed by atoms with Crippen LogP contribution in [0.1, 0.15) is 25.6 Å². The van der Waals surface area contributed by atoms with Gasteiger partial charge in [-0.2, -0.15) is 4.98 Å². The molecule has 0 aliphatic heterocycles. The van der Waals surface area contributed by atoms with E-state index in [-0.39, 0.29) is 6.10 Å². The average Bonchev–Trinajstić information content (AvgIpc) is 2.61. The summed E-state index contributed by atoms with van der Waals surface area (Å²) < 4.78 is 10.1. The van der Waals surface area contributed by atoms with Gasteiger partial charge in [-0.25, -0.2) is 0 Å². The first-order chi connectivity index (χ1) is 7.58. The van der Waals surface area contributed by atoms with Gasteiger partial charge in [0.1, 0.15) is 0 Å². The molecule has 0 saturated carbocycles. The molecule has 16 heavy (non-hydrogen) atoms. The molecule has 1 heterocycles. The highest BCUT2D eigenvalue weighted by Crippen LogP contribution is 1.95. The fraction of sp³-hybridized carbons (Fsp3) is 0.800. The van der Waals surface area contributed by atoms with Gasteiger partial charge < -0.3 is 19.7 Å². The van der Waals surface area contributed by atoms with Crippen molar-refractivity contribution in [3.8, 4) is 0 Å². The largest absolute Gasteiger partial charge is 0.389 e. The van der Waals surface area contributed by atoms with Gasteiger partial charge in [-0.15, -0.1) is 0 Å². The van der Waals surface area contributed by atoms with E-state index in [1.165, 1.54) is 0 Å². The number of aromatic nitrogens is 2. The molecule has 1 atom stereocenters. The van der Waals surface area contributed by atoms with Crippen LogP contribution in [0, 0.1) is 6.92 Å². The Labute approximate surface area is 95.0 Å². The monoisotopic (exact) mass is 229 g/mol. The molecule has 0 spiro atoms. The minimum absolute atomic E-state index is 0.134. The van der Waals surface area contributed by atoms with E-state index in [9.17, 15) is 5.11 Å². The van der Waals surface area contributed by atoms with Crippen molar-refractivity contribution in [2.45, 2.75) is 39.5 Å². The highest BCUT2D eigenvalue weighted by molar-refractivity contribution is 4.82. The van der Waals surface area contributed by atoms with Gasteiger partial charge in [0.2, 0.25) is 5.89 Å². The molecule has 0 saturated heterocycles. The number of aryl methyl sites for hydroxylation is 1. The molecule has 1 unspecified atom stereocenters. The van der Waals surface area contributed by atoms with E-state index in [0.29, 0.717) is 31.4 Å². The van der Waals surface area contributed by atoms with E-state index in [0.717, 1.165) is 0 Å². The Hall–Kier alpha value is -0.980. The molecule has 0 bridgehead atoms. The molecule has 0 aliphatic carbocycles. The zero-order valence-corrected chi connectivity index (χ0v) is 9.93. The van der Waals surface area contributed by atoms with Crippen molar-refractivity contribution in [2.75, 3.05) is 13.2 Å². The third-order valence-corrected chi connectivity index (χ3v) is 1.85. The molecule has 0 radical (unpaired) electrons. The summed E-state index contributed by atoms with van der Waals surface area (Å²) in [5.74, 6) is 1.13. The van der Waals surface area contributed by atoms with Crippen LogP contribution in [0.3, 0.4) is 0 Å². The Morgan fingerprint density at radius 1 is 1.50 bits per heavy atom. The Morgan fingerprint density at radius 2 is 2.25 bits per heavy atom. The van der Waals surface area contributed by atoms with Crippen LogP contribution >= 0.6 is 0 Å². The standard InChI is InChI=1S/C10H19N3O3/c1-7(2)15-6-9(14)4-11-5-10-12-8(3)16-13-10/h7,9,11,14H,4-6H2,1-3H3. The molecule has 1 rings (SSSR count). The Balaban J connectivity index is 2.10. The number of aliphatic hydroxyl groups excluding tert-OH is 1. The first kappa shape index (κ1) is 13.1. The summed E-state index contributed by atoms with van der Waals surface area (Å²) in [6.07, 6.45) is -0.384. The summed E-state index contributed by atoms with van der Waals surface area (Å²) in [4.78, 5) is 4.03. The third kappa shape index (κ3) is 5.20. The summed E-state index contributed by atoms with van der Waals surface area (Å²) in [6, 6.07) is 0. The van der Waals surface area contributed by atoms with Gasteiger partial charge in [0, 0.05) is 13.5 Å². The van der Waals surface area contributed by atoms with Gasteiger partial charge in [-0.05, 0) is 13.8 Å². The second-order valence-electron chi connectivity index (χ2n) is 3.90. The van der Waals surface area contributed by atoms with Crippen LogP contribution < -0.4 is 5.32 Å². The summed E-state index contributed by atoms with van der Waals surface area (Å²) in [5, 5.41) is 16.3. The fourth-order valence-electron chi connectivity index (χ4n) is 1.13. The van der Waals surface area contributed by atoms with Gasteiger partial charge in [-0.1, -0.05) is 5.16 Å². The molecule has 1 aromatic rings. The maximum atomic E-state index is 9.53. The van der Waals surface area contributed by atoms with E-state index in [2.05, 4.69) is 15.5 Å². The van der Waals surface area contributed by atoms with Crippen molar-refractivity contribution in [2.24, 2.45) is 0 Å². The van der Waals surface area contributed by atoms with Crippen molar-refractivity contribution in [3.05, 3.63) is 11.7 Å². The van der Waals surface area contributed by atoms with Crippen LogP contribution in [-0.2, 0) is 11.3 Å². The number of hydrogen-bond acceptors (Lipinski definition) is 6. The molecule has 0 aliphatic rings. The van der Waals surface area contributed by atoms with E-state index in [4.69, 9.17) is 9.26 Å². The zero-order chi connectivity index (χ0) is 12.0. The maximum Gasteiger partial charge on any atom is 0.223 e. The summed E-state index contributed by atoms with van der Waals surface area (Å²) >= 11 is 0. The molecule has 1 aromatic heterocycles. The van der Waals surface area contributed by atoms with Crippen LogP contribution in [0.5, 0.6) is 0 Å². The van der Waals surface area contributed by atoms with Crippen LogP contribution in [0.25, 0.3) is 0 Å². The number of nitrogens with zero attached hydrogens (tertiary/aromatic N) is 2. The molecular weight excluding hydrogens is 210 g/mol. The topological polar surface area (TPSA) is 80.4 Å². The first-order valence-corrected chi connectivity index (χ1v) is 5.37. The fourth-order valence-corrected chi connectivity index (χ4v) is 1.13. The maximum absolute atomic E-state index is 9.53. The highest BCUT2D eigenvalue weighted by Gasteiger charge is 2.06. The van der Waals surface area contributed by atoms with E-state index in [1.807, 2.05) is 13.8 Å². The van der Waals surface area contributed by atoms with Gasteiger partial charge >= 0.3 is 0 Å². The van der Waals surface area contributed by atoms with E-state index < -0.39 is 6.10 Å². The summed E-state index contributed by atoms with van der Waals surface area (Å²) in [6.45, 7) is 6.86.